The minimum atomic E-state index is -0.266. The zero-order valence-electron chi connectivity index (χ0n) is 7.56. The molecule has 2 aromatic heterocycles. The first kappa shape index (κ1) is 8.49. The van der Waals surface area contributed by atoms with Crippen LogP contribution < -0.4 is 10.9 Å². The smallest absolute Gasteiger partial charge is 0.291 e. The number of aromatic nitrogens is 4. The van der Waals surface area contributed by atoms with Crippen LogP contribution in [0.1, 0.15) is 0 Å². The molecular formula is C8H9N5O. The van der Waals surface area contributed by atoms with Gasteiger partial charge in [-0.15, -0.1) is 0 Å². The second kappa shape index (κ2) is 3.33. The van der Waals surface area contributed by atoms with Crippen molar-refractivity contribution in [2.45, 2.75) is 0 Å². The lowest BCUT2D eigenvalue weighted by Crippen LogP contribution is -2.12. The molecule has 0 fully saturated rings. The van der Waals surface area contributed by atoms with Gasteiger partial charge in [-0.3, -0.25) is 9.48 Å². The lowest BCUT2D eigenvalue weighted by molar-refractivity contribution is 0.771. The number of nitrogens with one attached hydrogen (secondary N) is 2. The first-order chi connectivity index (χ1) is 6.75. The van der Waals surface area contributed by atoms with E-state index < -0.39 is 0 Å². The van der Waals surface area contributed by atoms with Gasteiger partial charge in [0.1, 0.15) is 0 Å². The summed E-state index contributed by atoms with van der Waals surface area (Å²) in [6.45, 7) is 0. The van der Waals surface area contributed by atoms with Crippen molar-refractivity contribution in [2.75, 3.05) is 5.32 Å². The van der Waals surface area contributed by atoms with Crippen molar-refractivity contribution >= 4 is 11.6 Å². The third-order valence-electron chi connectivity index (χ3n) is 1.67. The average Bonchev–Trinajstić information content (AvgIpc) is 2.56. The Morgan fingerprint density at radius 3 is 3.07 bits per heavy atom. The summed E-state index contributed by atoms with van der Waals surface area (Å²) in [5.41, 5.74) is -0.266. The molecule has 0 unspecified atom stereocenters. The maximum absolute atomic E-state index is 11.2. The third kappa shape index (κ3) is 1.63. The molecule has 0 radical (unpaired) electrons. The standard InChI is InChI=1S/C8H9N5O/c1-13-5-2-6(12-13)11-7-8(14)10-4-3-9-7/h2-5H,1H3,(H,10,14)(H,9,11,12). The zero-order chi connectivity index (χ0) is 9.97. The minimum absolute atomic E-state index is 0.242. The van der Waals surface area contributed by atoms with E-state index in [-0.39, 0.29) is 11.4 Å². The molecule has 2 N–H and O–H groups in total. The highest BCUT2D eigenvalue weighted by Gasteiger charge is 2.01. The average molecular weight is 191 g/mol. The number of hydrogen-bond acceptors (Lipinski definition) is 4. The van der Waals surface area contributed by atoms with Crippen LogP contribution in [0.3, 0.4) is 0 Å². The first-order valence-corrected chi connectivity index (χ1v) is 4.06. The van der Waals surface area contributed by atoms with Crippen molar-refractivity contribution in [3.8, 4) is 0 Å². The third-order valence-corrected chi connectivity index (χ3v) is 1.67. The number of aromatic amines is 1. The highest BCUT2D eigenvalue weighted by Crippen LogP contribution is 2.05. The van der Waals surface area contributed by atoms with E-state index >= 15 is 0 Å². The Morgan fingerprint density at radius 1 is 1.57 bits per heavy atom. The molecule has 0 aliphatic carbocycles. The van der Waals surface area contributed by atoms with Crippen molar-refractivity contribution < 1.29 is 0 Å². The summed E-state index contributed by atoms with van der Waals surface area (Å²) in [5.74, 6) is 0.836. The quantitative estimate of drug-likeness (QED) is 0.713. The molecular weight excluding hydrogens is 182 g/mol. The molecule has 6 heteroatoms. The largest absolute Gasteiger partial charge is 0.324 e. The molecule has 0 aliphatic rings. The van der Waals surface area contributed by atoms with Gasteiger partial charge in [0, 0.05) is 31.7 Å². The van der Waals surface area contributed by atoms with Crippen LogP contribution >= 0.6 is 0 Å². The highest BCUT2D eigenvalue weighted by molar-refractivity contribution is 5.48. The van der Waals surface area contributed by atoms with Crippen LogP contribution in [0.25, 0.3) is 0 Å². The Bertz CT molecular complexity index is 486. The van der Waals surface area contributed by atoms with Gasteiger partial charge < -0.3 is 10.3 Å². The van der Waals surface area contributed by atoms with Gasteiger partial charge in [-0.25, -0.2) is 4.98 Å². The van der Waals surface area contributed by atoms with Gasteiger partial charge in [0.2, 0.25) is 0 Å². The number of hydrogen-bond donors (Lipinski definition) is 2. The molecule has 6 nitrogen and oxygen atoms in total. The normalized spacial score (nSPS) is 10.1. The van der Waals surface area contributed by atoms with E-state index in [2.05, 4.69) is 20.4 Å². The second-order valence-corrected chi connectivity index (χ2v) is 2.77. The summed E-state index contributed by atoms with van der Waals surface area (Å²) in [7, 11) is 1.80. The molecule has 14 heavy (non-hydrogen) atoms. The van der Waals surface area contributed by atoms with Crippen LogP contribution in [0.5, 0.6) is 0 Å². The van der Waals surface area contributed by atoms with Crippen molar-refractivity contribution in [2.24, 2.45) is 7.05 Å². The predicted molar refractivity (Wildman–Crippen MR) is 51.3 cm³/mol. The molecule has 0 bridgehead atoms. The first-order valence-electron chi connectivity index (χ1n) is 4.06. The fourth-order valence-electron chi connectivity index (χ4n) is 1.04. The van der Waals surface area contributed by atoms with Crippen LogP contribution in [0.15, 0.2) is 29.5 Å². The molecule has 0 amide bonds. The molecule has 0 spiro atoms. The van der Waals surface area contributed by atoms with Crippen LogP contribution in [0.2, 0.25) is 0 Å². The Balaban J connectivity index is 2.27. The minimum Gasteiger partial charge on any atom is -0.324 e. The Kier molecular flexibility index (Phi) is 2.02. The fraction of sp³-hybridized carbons (Fsp3) is 0.125. The van der Waals surface area contributed by atoms with Gasteiger partial charge in [0.25, 0.3) is 5.56 Å². The summed E-state index contributed by atoms with van der Waals surface area (Å²) in [4.78, 5) is 17.6. The van der Waals surface area contributed by atoms with Crippen LogP contribution in [-0.2, 0) is 7.05 Å². The van der Waals surface area contributed by atoms with E-state index in [0.717, 1.165) is 0 Å². The van der Waals surface area contributed by atoms with Gasteiger partial charge in [-0.05, 0) is 0 Å². The number of nitrogens with zero attached hydrogens (tertiary/aromatic N) is 3. The molecule has 0 aromatic carbocycles. The summed E-state index contributed by atoms with van der Waals surface area (Å²) < 4.78 is 1.64. The summed E-state index contributed by atoms with van der Waals surface area (Å²) in [5, 5.41) is 6.87. The maximum atomic E-state index is 11.2. The Hall–Kier alpha value is -2.11. The highest BCUT2D eigenvalue weighted by atomic mass is 16.1. The van der Waals surface area contributed by atoms with E-state index in [1.54, 1.807) is 24.0 Å². The van der Waals surface area contributed by atoms with E-state index in [0.29, 0.717) is 5.82 Å². The Morgan fingerprint density at radius 2 is 2.43 bits per heavy atom. The zero-order valence-corrected chi connectivity index (χ0v) is 7.56. The molecule has 0 atom stereocenters. The van der Waals surface area contributed by atoms with Crippen LogP contribution in [-0.4, -0.2) is 19.7 Å². The van der Waals surface area contributed by atoms with E-state index in [4.69, 9.17) is 0 Å². The SMILES string of the molecule is Cn1ccc(Nc2ncc[nH]c2=O)n1. The lowest BCUT2D eigenvalue weighted by Gasteiger charge is -1.98. The molecule has 0 saturated heterocycles. The molecule has 2 rings (SSSR count). The topological polar surface area (TPSA) is 75.6 Å². The van der Waals surface area contributed by atoms with Crippen molar-refractivity contribution in [3.05, 3.63) is 35.0 Å². The van der Waals surface area contributed by atoms with Crippen molar-refractivity contribution in [1.29, 1.82) is 0 Å². The monoisotopic (exact) mass is 191 g/mol. The maximum Gasteiger partial charge on any atom is 0.291 e. The van der Waals surface area contributed by atoms with Gasteiger partial charge in [-0.1, -0.05) is 0 Å². The second-order valence-electron chi connectivity index (χ2n) is 2.77. The van der Waals surface area contributed by atoms with E-state index in [9.17, 15) is 4.79 Å². The summed E-state index contributed by atoms with van der Waals surface area (Å²) in [6.07, 6.45) is 4.76. The van der Waals surface area contributed by atoms with Gasteiger partial charge in [0.15, 0.2) is 11.6 Å². The number of anilines is 2. The van der Waals surface area contributed by atoms with Crippen molar-refractivity contribution in [1.82, 2.24) is 19.7 Å². The molecule has 2 heterocycles. The van der Waals surface area contributed by atoms with Crippen LogP contribution in [0.4, 0.5) is 11.6 Å². The summed E-state index contributed by atoms with van der Waals surface area (Å²) in [6, 6.07) is 1.76. The van der Waals surface area contributed by atoms with Gasteiger partial charge in [-0.2, -0.15) is 5.10 Å². The van der Waals surface area contributed by atoms with E-state index in [1.807, 2.05) is 0 Å². The van der Waals surface area contributed by atoms with E-state index in [1.165, 1.54) is 12.4 Å². The molecule has 72 valence electrons. The van der Waals surface area contributed by atoms with Crippen LogP contribution in [0, 0.1) is 0 Å². The number of H-pyrrole nitrogens is 1. The van der Waals surface area contributed by atoms with Crippen molar-refractivity contribution in [3.63, 3.8) is 0 Å². The number of rotatable bonds is 2. The summed E-state index contributed by atoms with van der Waals surface area (Å²) >= 11 is 0. The predicted octanol–water partition coefficient (Wildman–Crippen LogP) is 0.247. The fourth-order valence-corrected chi connectivity index (χ4v) is 1.04. The lowest BCUT2D eigenvalue weighted by atomic mass is 10.6. The Labute approximate surface area is 79.6 Å². The molecule has 0 saturated carbocycles. The molecule has 2 aromatic rings. The number of aryl methyl sites for hydroxylation is 1. The van der Waals surface area contributed by atoms with Gasteiger partial charge in [0.05, 0.1) is 0 Å². The molecule has 0 aliphatic heterocycles. The van der Waals surface area contributed by atoms with Gasteiger partial charge >= 0.3 is 0 Å².